The Morgan fingerprint density at radius 1 is 0.714 bits per heavy atom. The van der Waals surface area contributed by atoms with Crippen molar-refractivity contribution >= 4 is 7.51 Å². The lowest BCUT2D eigenvalue weighted by Crippen LogP contribution is -2.61. The summed E-state index contributed by atoms with van der Waals surface area (Å²) in [6, 6.07) is 0.470. The Morgan fingerprint density at radius 3 is 1.21 bits per heavy atom. The fraction of sp³-hybridized carbons (Fsp3) is 1.00. The maximum Gasteiger partial charge on any atom is 0.185 e. The maximum atomic E-state index is 6.43. The van der Waals surface area contributed by atoms with E-state index in [1.165, 1.54) is 0 Å². The van der Waals surface area contributed by atoms with Gasteiger partial charge in [0.15, 0.2) is 7.51 Å². The molecule has 0 aromatic heterocycles. The van der Waals surface area contributed by atoms with E-state index in [1.807, 2.05) is 0 Å². The zero-order valence-corrected chi connectivity index (χ0v) is 21.9. The van der Waals surface area contributed by atoms with E-state index < -0.39 is 7.51 Å². The molecule has 28 heavy (non-hydrogen) atoms. The molecule has 0 aliphatic rings. The van der Waals surface area contributed by atoms with Crippen LogP contribution in [-0.2, 0) is 0 Å². The molecule has 1 unspecified atom stereocenters. The highest BCUT2D eigenvalue weighted by Gasteiger charge is 2.54. The predicted molar refractivity (Wildman–Crippen MR) is 128 cm³/mol. The van der Waals surface area contributed by atoms with Gasteiger partial charge in [-0.05, 0) is 72.5 Å². The van der Waals surface area contributed by atoms with Gasteiger partial charge in [0.05, 0.1) is 0 Å². The summed E-state index contributed by atoms with van der Waals surface area (Å²) in [5, 5.41) is 0. The van der Waals surface area contributed by atoms with Gasteiger partial charge in [-0.25, -0.2) is 15.2 Å². The van der Waals surface area contributed by atoms with Crippen molar-refractivity contribution in [2.24, 2.45) is 10.7 Å². The highest BCUT2D eigenvalue weighted by Crippen LogP contribution is 2.66. The third kappa shape index (κ3) is 4.70. The van der Waals surface area contributed by atoms with Crippen LogP contribution in [0.4, 0.5) is 0 Å². The average Bonchev–Trinajstić information content (AvgIpc) is 2.72. The van der Waals surface area contributed by atoms with E-state index in [2.05, 4.69) is 90.5 Å². The van der Waals surface area contributed by atoms with Crippen molar-refractivity contribution in [2.75, 3.05) is 21.1 Å². The molecule has 5 nitrogen and oxygen atoms in total. The quantitative estimate of drug-likeness (QED) is 0.193. The Hall–Kier alpha value is 0.0700. The van der Waals surface area contributed by atoms with E-state index in [-0.39, 0.29) is 11.1 Å². The van der Waals surface area contributed by atoms with Crippen LogP contribution in [0.15, 0.2) is 4.85 Å². The molecule has 0 fully saturated rings. The Kier molecular flexibility index (Phi) is 12.1. The zero-order valence-electron chi connectivity index (χ0n) is 21.0. The molecule has 0 bridgehead atoms. The summed E-state index contributed by atoms with van der Waals surface area (Å²) in [4.78, 5) is 4.84. The molecule has 0 radical (unpaired) electrons. The molecule has 0 aliphatic heterocycles. The average molecular weight is 418 g/mol. The van der Waals surface area contributed by atoms with Crippen molar-refractivity contribution in [3.05, 3.63) is 0 Å². The number of hydrogen-bond acceptors (Lipinski definition) is 1. The molecule has 0 saturated heterocycles. The summed E-state index contributed by atoms with van der Waals surface area (Å²) in [6.45, 7) is 18.7. The van der Waals surface area contributed by atoms with Crippen molar-refractivity contribution in [2.45, 2.75) is 124 Å². The first-order chi connectivity index (χ1) is 13.2. The molecular formula is C22H52N5P. The minimum atomic E-state index is -2.28. The summed E-state index contributed by atoms with van der Waals surface area (Å²) in [6.07, 6.45) is 8.91. The van der Waals surface area contributed by atoms with Gasteiger partial charge in [0.1, 0.15) is 0 Å². The normalized spacial score (nSPS) is 15.7. The fourth-order valence-corrected chi connectivity index (χ4v) is 9.77. The van der Waals surface area contributed by atoms with Gasteiger partial charge in [0.25, 0.3) is 0 Å². The second-order valence-electron chi connectivity index (χ2n) is 8.43. The number of hydrogen-bond donors (Lipinski definition) is 1. The lowest BCUT2D eigenvalue weighted by molar-refractivity contribution is 0.0288. The van der Waals surface area contributed by atoms with E-state index in [4.69, 9.17) is 10.7 Å². The monoisotopic (exact) mass is 417 g/mol. The SMILES string of the molecule is CCC(CC)N(C)P(=NN)(N(C)C)N(C(CC)(CC)CC)C(CC)(CC)CC. The maximum absolute atomic E-state index is 6.43. The van der Waals surface area contributed by atoms with Gasteiger partial charge < -0.3 is 0 Å². The Morgan fingerprint density at radius 2 is 1.04 bits per heavy atom. The molecule has 0 aliphatic carbocycles. The summed E-state index contributed by atoms with van der Waals surface area (Å²) in [5.41, 5.74) is 0.173. The first kappa shape index (κ1) is 28.1. The third-order valence-electron chi connectivity index (χ3n) is 7.70. The van der Waals surface area contributed by atoms with Crippen LogP contribution in [0.5, 0.6) is 0 Å². The van der Waals surface area contributed by atoms with Gasteiger partial charge in [0.2, 0.25) is 0 Å². The first-order valence-corrected chi connectivity index (χ1v) is 13.3. The lowest BCUT2D eigenvalue weighted by atomic mass is 9.81. The predicted octanol–water partition coefficient (Wildman–Crippen LogP) is 6.73. The zero-order chi connectivity index (χ0) is 22.2. The Balaban J connectivity index is 7.28. The summed E-state index contributed by atoms with van der Waals surface area (Å²) in [5.74, 6) is 6.43. The smallest absolute Gasteiger partial charge is 0.185 e. The van der Waals surface area contributed by atoms with Crippen LogP contribution in [0, 0.1) is 0 Å². The van der Waals surface area contributed by atoms with Gasteiger partial charge in [-0.2, -0.15) is 4.85 Å². The second kappa shape index (κ2) is 12.1. The molecule has 0 heterocycles. The summed E-state index contributed by atoms with van der Waals surface area (Å²) in [7, 11) is 4.37. The molecule has 170 valence electrons. The van der Waals surface area contributed by atoms with E-state index in [9.17, 15) is 0 Å². The van der Waals surface area contributed by atoms with Crippen molar-refractivity contribution in [1.82, 2.24) is 14.0 Å². The third-order valence-corrected chi connectivity index (χ3v) is 11.6. The molecule has 6 heteroatoms. The van der Waals surface area contributed by atoms with Crippen LogP contribution in [0.2, 0.25) is 0 Å². The van der Waals surface area contributed by atoms with Crippen molar-refractivity contribution in [3.63, 3.8) is 0 Å². The number of nitrogens with zero attached hydrogens (tertiary/aromatic N) is 4. The van der Waals surface area contributed by atoms with Crippen molar-refractivity contribution in [1.29, 1.82) is 0 Å². The summed E-state index contributed by atoms with van der Waals surface area (Å²) >= 11 is 0. The number of rotatable bonds is 14. The molecule has 0 aromatic rings. The van der Waals surface area contributed by atoms with Crippen LogP contribution in [0.1, 0.15) is 107 Å². The van der Waals surface area contributed by atoms with E-state index in [0.29, 0.717) is 6.04 Å². The molecule has 0 spiro atoms. The van der Waals surface area contributed by atoms with Crippen molar-refractivity contribution in [3.8, 4) is 0 Å². The van der Waals surface area contributed by atoms with Crippen LogP contribution in [0.25, 0.3) is 0 Å². The van der Waals surface area contributed by atoms with Gasteiger partial charge in [0, 0.05) is 17.1 Å². The fourth-order valence-electron chi connectivity index (χ4n) is 5.35. The van der Waals surface area contributed by atoms with Gasteiger partial charge in [-0.15, -0.1) is 0 Å². The molecule has 0 rings (SSSR count). The minimum Gasteiger partial charge on any atom is -0.251 e. The second-order valence-corrected chi connectivity index (χ2v) is 11.6. The largest absolute Gasteiger partial charge is 0.251 e. The molecule has 0 aromatic carbocycles. The van der Waals surface area contributed by atoms with E-state index in [0.717, 1.165) is 51.4 Å². The molecule has 0 saturated carbocycles. The van der Waals surface area contributed by atoms with Crippen LogP contribution >= 0.6 is 7.51 Å². The van der Waals surface area contributed by atoms with E-state index >= 15 is 0 Å². The molecule has 1 atom stereocenters. The van der Waals surface area contributed by atoms with Crippen LogP contribution in [0.3, 0.4) is 0 Å². The minimum absolute atomic E-state index is 0.0865. The molecular weight excluding hydrogens is 365 g/mol. The highest BCUT2D eigenvalue weighted by molar-refractivity contribution is 7.59. The van der Waals surface area contributed by atoms with Gasteiger partial charge >= 0.3 is 0 Å². The summed E-state index contributed by atoms with van der Waals surface area (Å²) < 4.78 is 7.76. The van der Waals surface area contributed by atoms with Gasteiger partial charge in [-0.3, -0.25) is 4.67 Å². The Labute approximate surface area is 177 Å². The number of nitrogens with two attached hydrogens (primary N) is 1. The molecule has 2 N–H and O–H groups in total. The van der Waals surface area contributed by atoms with Gasteiger partial charge in [-0.1, -0.05) is 55.4 Å². The first-order valence-electron chi connectivity index (χ1n) is 11.7. The van der Waals surface area contributed by atoms with E-state index in [1.54, 1.807) is 0 Å². The standard InChI is InChI=1S/C22H52N5P/c1-12-20(13-2)26(11)28(24-23,25(9)10)27(21(14-3,15-4)16-5)22(17-6,18-7)19-8/h20H,12-19,23H2,1-11H3. The van der Waals surface area contributed by atoms with Crippen LogP contribution in [-0.4, -0.2) is 52.3 Å². The van der Waals surface area contributed by atoms with Crippen molar-refractivity contribution < 1.29 is 0 Å². The highest BCUT2D eigenvalue weighted by atomic mass is 31.2. The lowest BCUT2D eigenvalue weighted by Gasteiger charge is -2.62. The van der Waals surface area contributed by atoms with Crippen LogP contribution < -0.4 is 5.84 Å². The Bertz CT molecular complexity index is 443. The topological polar surface area (TPSA) is 48.1 Å². The molecule has 0 amide bonds.